The van der Waals surface area contributed by atoms with E-state index >= 15 is 0 Å². The lowest BCUT2D eigenvalue weighted by atomic mass is 9.77. The van der Waals surface area contributed by atoms with Crippen molar-refractivity contribution in [2.75, 3.05) is 6.54 Å². The van der Waals surface area contributed by atoms with E-state index in [1.165, 1.54) is 12.1 Å². The van der Waals surface area contributed by atoms with E-state index in [9.17, 15) is 9.50 Å². The van der Waals surface area contributed by atoms with Crippen molar-refractivity contribution in [2.24, 2.45) is 0 Å². The summed E-state index contributed by atoms with van der Waals surface area (Å²) < 4.78 is 13.4. The van der Waals surface area contributed by atoms with Gasteiger partial charge in [0, 0.05) is 6.54 Å². The van der Waals surface area contributed by atoms with E-state index < -0.39 is 11.6 Å². The van der Waals surface area contributed by atoms with Gasteiger partial charge >= 0.3 is 0 Å². The Balaban J connectivity index is 2.19. The smallest absolute Gasteiger partial charge is 0.134 e. The number of rotatable bonds is 7. The third-order valence-corrected chi connectivity index (χ3v) is 4.52. The molecule has 2 nitrogen and oxygen atoms in total. The molecule has 0 heterocycles. The van der Waals surface area contributed by atoms with Crippen molar-refractivity contribution in [3.05, 3.63) is 120 Å². The molecule has 0 amide bonds. The average molecular weight is 347 g/mol. The minimum atomic E-state index is -1.33. The summed E-state index contributed by atoms with van der Waals surface area (Å²) in [5.41, 5.74) is 0.987. The van der Waals surface area contributed by atoms with Crippen LogP contribution in [0.4, 0.5) is 4.39 Å². The van der Waals surface area contributed by atoms with E-state index in [0.717, 1.165) is 16.7 Å². The zero-order valence-electron chi connectivity index (χ0n) is 14.5. The molecule has 3 aromatic rings. The van der Waals surface area contributed by atoms with Crippen LogP contribution < -0.4 is 5.32 Å². The highest BCUT2D eigenvalue weighted by atomic mass is 19.1. The van der Waals surface area contributed by atoms with Crippen LogP contribution in [0.1, 0.15) is 22.7 Å². The molecule has 0 aliphatic carbocycles. The van der Waals surface area contributed by atoms with Gasteiger partial charge in [0.15, 0.2) is 0 Å². The molecular formula is C23H22FNO. The van der Waals surface area contributed by atoms with Crippen LogP contribution in [-0.4, -0.2) is 11.7 Å². The minimum Gasteiger partial charge on any atom is -0.378 e. The highest BCUT2D eigenvalue weighted by Gasteiger charge is 2.40. The molecule has 0 aromatic heterocycles. The molecule has 0 saturated heterocycles. The lowest BCUT2D eigenvalue weighted by molar-refractivity contribution is 0.0376. The van der Waals surface area contributed by atoms with Gasteiger partial charge < -0.3 is 10.4 Å². The summed E-state index contributed by atoms with van der Waals surface area (Å²) >= 11 is 0. The molecule has 0 spiro atoms. The van der Waals surface area contributed by atoms with Crippen molar-refractivity contribution in [3.63, 3.8) is 0 Å². The maximum Gasteiger partial charge on any atom is 0.134 e. The molecule has 0 aliphatic rings. The Hall–Kier alpha value is -2.75. The molecule has 0 fully saturated rings. The van der Waals surface area contributed by atoms with E-state index in [1.54, 1.807) is 18.2 Å². The molecule has 3 heteroatoms. The first-order valence-corrected chi connectivity index (χ1v) is 8.59. The van der Waals surface area contributed by atoms with E-state index in [2.05, 4.69) is 11.9 Å². The quantitative estimate of drug-likeness (QED) is 0.613. The summed E-state index contributed by atoms with van der Waals surface area (Å²) in [5, 5.41) is 15.3. The summed E-state index contributed by atoms with van der Waals surface area (Å²) in [4.78, 5) is 0. The average Bonchev–Trinajstić information content (AvgIpc) is 2.70. The minimum absolute atomic E-state index is 0.306. The topological polar surface area (TPSA) is 32.3 Å². The summed E-state index contributed by atoms with van der Waals surface area (Å²) in [6, 6.07) is 24.8. The Morgan fingerprint density at radius 1 is 0.885 bits per heavy atom. The fourth-order valence-electron chi connectivity index (χ4n) is 3.25. The Morgan fingerprint density at radius 3 is 1.85 bits per heavy atom. The number of benzene rings is 3. The fraction of sp³-hybridized carbons (Fsp3) is 0.130. The molecule has 2 N–H and O–H groups in total. The first-order chi connectivity index (χ1) is 12.7. The molecule has 3 rings (SSSR count). The van der Waals surface area contributed by atoms with Crippen LogP contribution in [0.3, 0.4) is 0 Å². The normalized spacial score (nSPS) is 12.5. The highest BCUT2D eigenvalue weighted by molar-refractivity contribution is 5.41. The van der Waals surface area contributed by atoms with Crippen LogP contribution in [0.2, 0.25) is 0 Å². The van der Waals surface area contributed by atoms with E-state index in [0.29, 0.717) is 6.54 Å². The summed E-state index contributed by atoms with van der Waals surface area (Å²) in [5.74, 6) is -0.306. The molecule has 26 heavy (non-hydrogen) atoms. The third-order valence-electron chi connectivity index (χ3n) is 4.52. The van der Waals surface area contributed by atoms with Crippen LogP contribution in [0.5, 0.6) is 0 Å². The molecule has 0 aliphatic heterocycles. The first kappa shape index (κ1) is 18.1. The number of nitrogens with one attached hydrogen (secondary N) is 1. The maximum absolute atomic E-state index is 13.4. The second kappa shape index (κ2) is 8.09. The lowest BCUT2D eigenvalue weighted by Crippen LogP contribution is -2.43. The van der Waals surface area contributed by atoms with Gasteiger partial charge in [-0.3, -0.25) is 0 Å². The van der Waals surface area contributed by atoms with Gasteiger partial charge in [0.2, 0.25) is 0 Å². The third kappa shape index (κ3) is 3.59. The van der Waals surface area contributed by atoms with Gasteiger partial charge in [-0.25, -0.2) is 4.39 Å². The predicted octanol–water partition coefficient (Wildman–Crippen LogP) is 4.58. The van der Waals surface area contributed by atoms with E-state index in [1.807, 2.05) is 60.7 Å². The van der Waals surface area contributed by atoms with Gasteiger partial charge in [-0.15, -0.1) is 6.58 Å². The van der Waals surface area contributed by atoms with Gasteiger partial charge in [0.1, 0.15) is 11.4 Å². The standard InChI is InChI=1S/C23H22FNO/c1-2-17-25-22(18-13-15-21(24)16-14-18)23(26,19-9-5-3-6-10-19)20-11-7-4-8-12-20/h2-16,22,25-26H,1,17H2/t22-/m1/s1. The van der Waals surface area contributed by atoms with Crippen molar-refractivity contribution in [1.29, 1.82) is 0 Å². The van der Waals surface area contributed by atoms with Gasteiger partial charge in [-0.1, -0.05) is 78.9 Å². The van der Waals surface area contributed by atoms with Crippen LogP contribution in [0.15, 0.2) is 97.6 Å². The number of halogens is 1. The Kier molecular flexibility index (Phi) is 5.61. The van der Waals surface area contributed by atoms with Crippen molar-refractivity contribution in [2.45, 2.75) is 11.6 Å². The van der Waals surface area contributed by atoms with Gasteiger partial charge in [-0.2, -0.15) is 0 Å². The molecule has 0 bridgehead atoms. The second-order valence-corrected chi connectivity index (χ2v) is 6.18. The van der Waals surface area contributed by atoms with Crippen LogP contribution in [-0.2, 0) is 5.60 Å². The zero-order valence-corrected chi connectivity index (χ0v) is 14.5. The number of hydrogen-bond donors (Lipinski definition) is 2. The van der Waals surface area contributed by atoms with Crippen molar-refractivity contribution in [3.8, 4) is 0 Å². The SMILES string of the molecule is C=CCN[C@H](c1ccc(F)cc1)C(O)(c1ccccc1)c1ccccc1. The van der Waals surface area contributed by atoms with Crippen molar-refractivity contribution in [1.82, 2.24) is 5.32 Å². The molecule has 1 atom stereocenters. The van der Waals surface area contributed by atoms with Crippen LogP contribution >= 0.6 is 0 Å². The highest BCUT2D eigenvalue weighted by Crippen LogP contribution is 2.41. The second-order valence-electron chi connectivity index (χ2n) is 6.18. The molecule has 0 saturated carbocycles. The zero-order chi connectivity index (χ0) is 18.4. The monoisotopic (exact) mass is 347 g/mol. The van der Waals surface area contributed by atoms with Crippen molar-refractivity contribution < 1.29 is 9.50 Å². The van der Waals surface area contributed by atoms with Crippen molar-refractivity contribution >= 4 is 0 Å². The first-order valence-electron chi connectivity index (χ1n) is 8.59. The number of hydrogen-bond acceptors (Lipinski definition) is 2. The van der Waals surface area contributed by atoms with Crippen LogP contribution in [0, 0.1) is 5.82 Å². The Labute approximate surface area is 153 Å². The summed E-state index contributed by atoms with van der Waals surface area (Å²) in [6.45, 7) is 4.27. The van der Waals surface area contributed by atoms with Gasteiger partial charge in [-0.05, 0) is 28.8 Å². The van der Waals surface area contributed by atoms with Gasteiger partial charge in [0.05, 0.1) is 6.04 Å². The van der Waals surface area contributed by atoms with E-state index in [4.69, 9.17) is 0 Å². The predicted molar refractivity (Wildman–Crippen MR) is 103 cm³/mol. The van der Waals surface area contributed by atoms with Gasteiger partial charge in [0.25, 0.3) is 0 Å². The van der Waals surface area contributed by atoms with Crippen LogP contribution in [0.25, 0.3) is 0 Å². The summed E-state index contributed by atoms with van der Waals surface area (Å²) in [6.07, 6.45) is 1.74. The van der Waals surface area contributed by atoms with E-state index in [-0.39, 0.29) is 5.82 Å². The molecule has 0 unspecified atom stereocenters. The fourth-order valence-corrected chi connectivity index (χ4v) is 3.25. The summed E-state index contributed by atoms with van der Waals surface area (Å²) in [7, 11) is 0. The molecule has 0 radical (unpaired) electrons. The Morgan fingerprint density at radius 2 is 1.38 bits per heavy atom. The number of aliphatic hydroxyl groups is 1. The molecule has 132 valence electrons. The Bertz CT molecular complexity index is 792. The maximum atomic E-state index is 13.4. The largest absolute Gasteiger partial charge is 0.378 e. The molecule has 3 aromatic carbocycles. The molecular weight excluding hydrogens is 325 g/mol. The lowest BCUT2D eigenvalue weighted by Gasteiger charge is -2.38.